The van der Waals surface area contributed by atoms with E-state index in [1.165, 1.54) is 12.1 Å². The molecule has 0 bridgehead atoms. The Morgan fingerprint density at radius 2 is 1.93 bits per heavy atom. The molecular weight excluding hydrogens is 387 g/mol. The first-order valence-electron chi connectivity index (χ1n) is 9.91. The fourth-order valence-corrected chi connectivity index (χ4v) is 4.36. The van der Waals surface area contributed by atoms with Crippen molar-refractivity contribution in [3.8, 4) is 0 Å². The Labute approximate surface area is 167 Å². The fourth-order valence-electron chi connectivity index (χ4n) is 4.36. The van der Waals surface area contributed by atoms with E-state index >= 15 is 0 Å². The van der Waals surface area contributed by atoms with E-state index in [2.05, 4.69) is 5.32 Å². The van der Waals surface area contributed by atoms with E-state index < -0.39 is 11.7 Å². The molecule has 4 rings (SSSR count). The summed E-state index contributed by atoms with van der Waals surface area (Å²) in [6, 6.07) is 5.41. The molecule has 0 spiro atoms. The molecule has 29 heavy (non-hydrogen) atoms. The van der Waals surface area contributed by atoms with Crippen LogP contribution in [-0.2, 0) is 22.1 Å². The average Bonchev–Trinajstić information content (AvgIpc) is 2.65. The Hall–Kier alpha value is -2.29. The SMILES string of the molecule is O=C1CO[C@H]2CCN(C(=O)N3CC(CCc4ccccc4C(F)(F)F)C3)C[C@H]2N1. The first kappa shape index (κ1) is 20.0. The van der Waals surface area contributed by atoms with E-state index in [4.69, 9.17) is 4.74 Å². The van der Waals surface area contributed by atoms with Crippen molar-refractivity contribution in [3.05, 3.63) is 35.4 Å². The smallest absolute Gasteiger partial charge is 0.366 e. The molecule has 3 saturated heterocycles. The topological polar surface area (TPSA) is 61.9 Å². The second kappa shape index (κ2) is 7.85. The van der Waals surface area contributed by atoms with E-state index in [1.54, 1.807) is 15.9 Å². The van der Waals surface area contributed by atoms with Crippen molar-refractivity contribution in [2.24, 2.45) is 5.92 Å². The van der Waals surface area contributed by atoms with Gasteiger partial charge < -0.3 is 19.9 Å². The van der Waals surface area contributed by atoms with E-state index in [9.17, 15) is 22.8 Å². The lowest BCUT2D eigenvalue weighted by atomic mass is 9.91. The van der Waals surface area contributed by atoms with Crippen LogP contribution in [0.25, 0.3) is 0 Å². The zero-order chi connectivity index (χ0) is 20.6. The maximum Gasteiger partial charge on any atom is 0.416 e. The van der Waals surface area contributed by atoms with Crippen LogP contribution in [-0.4, -0.2) is 66.7 Å². The van der Waals surface area contributed by atoms with Crippen LogP contribution in [0, 0.1) is 5.92 Å². The monoisotopic (exact) mass is 411 g/mol. The number of urea groups is 1. The molecule has 1 N–H and O–H groups in total. The number of hydrogen-bond donors (Lipinski definition) is 1. The standard InChI is InChI=1S/C20H24F3N3O3/c21-20(22,23)15-4-2-1-3-14(15)6-5-13-9-26(10-13)19(28)25-8-7-17-16(11-25)24-18(27)12-29-17/h1-4,13,16-17H,5-12H2,(H,24,27)/t16-,17+/m1/s1. The summed E-state index contributed by atoms with van der Waals surface area (Å²) in [6.45, 7) is 2.19. The van der Waals surface area contributed by atoms with Crippen LogP contribution in [0.1, 0.15) is 24.0 Å². The maximum absolute atomic E-state index is 13.1. The zero-order valence-corrected chi connectivity index (χ0v) is 16.0. The fraction of sp³-hybridized carbons (Fsp3) is 0.600. The molecule has 3 aliphatic rings. The minimum atomic E-state index is -4.34. The van der Waals surface area contributed by atoms with Gasteiger partial charge in [0, 0.05) is 26.2 Å². The number of halogens is 3. The number of rotatable bonds is 3. The number of carbonyl (C=O) groups is 2. The lowest BCUT2D eigenvalue weighted by Gasteiger charge is -2.46. The molecule has 6 nitrogen and oxygen atoms in total. The van der Waals surface area contributed by atoms with Crippen LogP contribution < -0.4 is 5.32 Å². The Kier molecular flexibility index (Phi) is 5.42. The Bertz CT molecular complexity index is 780. The molecule has 1 aromatic rings. The molecule has 0 saturated carbocycles. The molecule has 0 aromatic heterocycles. The normalized spacial score (nSPS) is 25.3. The number of alkyl halides is 3. The van der Waals surface area contributed by atoms with E-state index in [1.807, 2.05) is 0 Å². The van der Waals surface area contributed by atoms with Gasteiger partial charge >= 0.3 is 12.2 Å². The minimum absolute atomic E-state index is 0.0467. The third kappa shape index (κ3) is 4.34. The van der Waals surface area contributed by atoms with Crippen LogP contribution in [0.15, 0.2) is 24.3 Å². The third-order valence-corrected chi connectivity index (χ3v) is 5.97. The first-order chi connectivity index (χ1) is 13.8. The Morgan fingerprint density at radius 3 is 2.69 bits per heavy atom. The number of carbonyl (C=O) groups excluding carboxylic acids is 2. The van der Waals surface area contributed by atoms with Crippen LogP contribution in [0.2, 0.25) is 0 Å². The largest absolute Gasteiger partial charge is 0.416 e. The highest BCUT2D eigenvalue weighted by Crippen LogP contribution is 2.33. The average molecular weight is 411 g/mol. The number of aryl methyl sites for hydroxylation is 1. The predicted molar refractivity (Wildman–Crippen MR) is 98.1 cm³/mol. The molecule has 9 heteroatoms. The third-order valence-electron chi connectivity index (χ3n) is 5.97. The Morgan fingerprint density at radius 1 is 1.17 bits per heavy atom. The number of likely N-dealkylation sites (tertiary alicyclic amines) is 2. The molecule has 2 atom stereocenters. The number of benzene rings is 1. The van der Waals surface area contributed by atoms with Gasteiger partial charge in [0.25, 0.3) is 0 Å². The molecule has 3 fully saturated rings. The van der Waals surface area contributed by atoms with Crippen LogP contribution in [0.3, 0.4) is 0 Å². The van der Waals surface area contributed by atoms with Gasteiger partial charge in [-0.1, -0.05) is 18.2 Å². The summed E-state index contributed by atoms with van der Waals surface area (Å²) in [6.07, 6.45) is -2.75. The van der Waals surface area contributed by atoms with Crippen molar-refractivity contribution in [1.82, 2.24) is 15.1 Å². The zero-order valence-electron chi connectivity index (χ0n) is 16.0. The first-order valence-corrected chi connectivity index (χ1v) is 9.91. The van der Waals surface area contributed by atoms with Gasteiger partial charge in [0.05, 0.1) is 17.7 Å². The maximum atomic E-state index is 13.1. The van der Waals surface area contributed by atoms with Gasteiger partial charge in [-0.25, -0.2) is 4.79 Å². The number of piperidine rings is 1. The summed E-state index contributed by atoms with van der Waals surface area (Å²) in [5.41, 5.74) is -0.272. The second-order valence-corrected chi connectivity index (χ2v) is 8.01. The van der Waals surface area contributed by atoms with Gasteiger partial charge in [-0.3, -0.25) is 4.79 Å². The van der Waals surface area contributed by atoms with Gasteiger partial charge in [-0.2, -0.15) is 13.2 Å². The number of nitrogens with zero attached hydrogens (tertiary/aromatic N) is 2. The predicted octanol–water partition coefficient (Wildman–Crippen LogP) is 2.28. The van der Waals surface area contributed by atoms with Crippen molar-refractivity contribution in [3.63, 3.8) is 0 Å². The van der Waals surface area contributed by atoms with Crippen LogP contribution in [0.5, 0.6) is 0 Å². The molecule has 3 aliphatic heterocycles. The molecular formula is C20H24F3N3O3. The molecule has 0 unspecified atom stereocenters. The van der Waals surface area contributed by atoms with Crippen LogP contribution >= 0.6 is 0 Å². The summed E-state index contributed by atoms with van der Waals surface area (Å²) in [7, 11) is 0. The number of morpholine rings is 1. The van der Waals surface area contributed by atoms with Crippen molar-refractivity contribution in [2.75, 3.05) is 32.8 Å². The summed E-state index contributed by atoms with van der Waals surface area (Å²) in [5, 5.41) is 2.87. The van der Waals surface area contributed by atoms with Crippen molar-refractivity contribution in [1.29, 1.82) is 0 Å². The van der Waals surface area contributed by atoms with E-state index in [0.29, 0.717) is 51.0 Å². The molecule has 1 aromatic carbocycles. The number of nitrogens with one attached hydrogen (secondary N) is 1. The van der Waals surface area contributed by atoms with Gasteiger partial charge in [0.2, 0.25) is 5.91 Å². The lowest BCUT2D eigenvalue weighted by molar-refractivity contribution is -0.140. The summed E-state index contributed by atoms with van der Waals surface area (Å²) < 4.78 is 44.8. The van der Waals surface area contributed by atoms with E-state index in [-0.39, 0.29) is 36.6 Å². The molecule has 3 heterocycles. The summed E-state index contributed by atoms with van der Waals surface area (Å²) >= 11 is 0. The van der Waals surface area contributed by atoms with Gasteiger partial charge in [-0.05, 0) is 36.8 Å². The number of ether oxygens (including phenoxy) is 1. The number of fused-ring (bicyclic) bond motifs is 1. The summed E-state index contributed by atoms with van der Waals surface area (Å²) in [4.78, 5) is 27.6. The van der Waals surface area contributed by atoms with Gasteiger partial charge in [0.1, 0.15) is 6.61 Å². The number of hydrogen-bond acceptors (Lipinski definition) is 3. The molecule has 0 aliphatic carbocycles. The highest BCUT2D eigenvalue weighted by molar-refractivity contribution is 5.79. The number of amides is 3. The second-order valence-electron chi connectivity index (χ2n) is 8.01. The minimum Gasteiger partial charge on any atom is -0.366 e. The highest BCUT2D eigenvalue weighted by Gasteiger charge is 2.40. The summed E-state index contributed by atoms with van der Waals surface area (Å²) in [5.74, 6) is 0.0409. The highest BCUT2D eigenvalue weighted by atomic mass is 19.4. The van der Waals surface area contributed by atoms with Gasteiger partial charge in [-0.15, -0.1) is 0 Å². The Balaban J connectivity index is 1.25. The molecule has 3 amide bonds. The van der Waals surface area contributed by atoms with Gasteiger partial charge in [0.15, 0.2) is 0 Å². The molecule has 0 radical (unpaired) electrons. The van der Waals surface area contributed by atoms with Crippen LogP contribution in [0.4, 0.5) is 18.0 Å². The lowest BCUT2D eigenvalue weighted by Crippen LogP contribution is -2.64. The van der Waals surface area contributed by atoms with E-state index in [0.717, 1.165) is 6.07 Å². The molecule has 158 valence electrons. The van der Waals surface area contributed by atoms with Crippen molar-refractivity contribution in [2.45, 2.75) is 37.6 Å². The van der Waals surface area contributed by atoms with Crippen molar-refractivity contribution < 1.29 is 27.5 Å². The quantitative estimate of drug-likeness (QED) is 0.830. The van der Waals surface area contributed by atoms with Crippen molar-refractivity contribution >= 4 is 11.9 Å².